The van der Waals surface area contributed by atoms with Gasteiger partial charge in [-0.15, -0.1) is 0 Å². The van der Waals surface area contributed by atoms with Crippen LogP contribution in [0.2, 0.25) is 0 Å². The third-order valence-corrected chi connectivity index (χ3v) is 6.68. The van der Waals surface area contributed by atoms with Gasteiger partial charge in [0.2, 0.25) is 0 Å². The summed E-state index contributed by atoms with van der Waals surface area (Å²) in [7, 11) is 0. The second-order valence-electron chi connectivity index (χ2n) is 9.59. The summed E-state index contributed by atoms with van der Waals surface area (Å²) in [5.74, 6) is -0.256. The molecule has 0 aliphatic rings. The van der Waals surface area contributed by atoms with E-state index in [1.807, 2.05) is 36.4 Å². The van der Waals surface area contributed by atoms with Crippen LogP contribution in [0.15, 0.2) is 79.1 Å². The van der Waals surface area contributed by atoms with E-state index in [2.05, 4.69) is 42.0 Å². The van der Waals surface area contributed by atoms with E-state index >= 15 is 0 Å². The Morgan fingerprint density at radius 2 is 1.74 bits per heavy atom. The van der Waals surface area contributed by atoms with Crippen molar-refractivity contribution in [3.8, 4) is 28.3 Å². The summed E-state index contributed by atoms with van der Waals surface area (Å²) in [5, 5.41) is 16.3. The van der Waals surface area contributed by atoms with E-state index < -0.39 is 5.82 Å². The number of aromatic hydroxyl groups is 1. The Balaban J connectivity index is 1.58. The lowest BCUT2D eigenvalue weighted by Gasteiger charge is -2.16. The lowest BCUT2D eigenvalue weighted by atomic mass is 9.92. The van der Waals surface area contributed by atoms with Crippen LogP contribution in [-0.4, -0.2) is 29.8 Å². The van der Waals surface area contributed by atoms with E-state index in [9.17, 15) is 9.50 Å². The van der Waals surface area contributed by atoms with E-state index in [0.717, 1.165) is 33.8 Å². The topological polar surface area (TPSA) is 103 Å². The molecule has 0 radical (unpaired) electrons. The van der Waals surface area contributed by atoms with Gasteiger partial charge in [0.15, 0.2) is 5.65 Å². The van der Waals surface area contributed by atoms with Crippen molar-refractivity contribution < 1.29 is 9.50 Å². The normalized spacial score (nSPS) is 11.6. The molecule has 0 aliphatic carbocycles. The molecule has 3 aromatic heterocycles. The van der Waals surface area contributed by atoms with E-state index in [0.29, 0.717) is 34.8 Å². The fourth-order valence-corrected chi connectivity index (χ4v) is 4.94. The summed E-state index contributed by atoms with van der Waals surface area (Å²) in [6.07, 6.45) is 1.39. The predicted octanol–water partition coefficient (Wildman–Crippen LogP) is 6.31. The van der Waals surface area contributed by atoms with Gasteiger partial charge in [-0.25, -0.2) is 24.0 Å². The number of pyridine rings is 1. The van der Waals surface area contributed by atoms with E-state index in [1.165, 1.54) is 24.0 Å². The highest BCUT2D eigenvalue weighted by Gasteiger charge is 2.21. The van der Waals surface area contributed by atoms with Gasteiger partial charge in [-0.3, -0.25) is 0 Å². The summed E-state index contributed by atoms with van der Waals surface area (Å²) < 4.78 is 15.9. The smallest absolute Gasteiger partial charge is 0.164 e. The molecule has 8 heteroatoms. The summed E-state index contributed by atoms with van der Waals surface area (Å²) in [6, 6.07) is 22.2. The first-order valence-electron chi connectivity index (χ1n) is 12.3. The van der Waals surface area contributed by atoms with Crippen molar-refractivity contribution in [2.75, 3.05) is 5.73 Å². The number of nitrogens with zero attached hydrogens (tertiary/aromatic N) is 5. The molecule has 6 rings (SSSR count). The number of phenols is 1. The number of nitrogen functional groups attached to an aromatic ring is 1. The van der Waals surface area contributed by atoms with Crippen LogP contribution in [0, 0.1) is 5.82 Å². The van der Waals surface area contributed by atoms with Crippen molar-refractivity contribution in [3.05, 3.63) is 96.1 Å². The Morgan fingerprint density at radius 3 is 2.55 bits per heavy atom. The SMILES string of the molecule is CC(C)c1ccccc1-c1nc2ccccc2cc1Cn1nc(-c2cc(O)cc(F)c2)c2c(N)ncnc21. The molecule has 0 atom stereocenters. The van der Waals surface area contributed by atoms with Crippen LogP contribution < -0.4 is 5.73 Å². The van der Waals surface area contributed by atoms with Gasteiger partial charge in [-0.05, 0) is 35.7 Å². The van der Waals surface area contributed by atoms with Crippen LogP contribution in [0.25, 0.3) is 44.5 Å². The van der Waals surface area contributed by atoms with Crippen LogP contribution >= 0.6 is 0 Å². The number of halogens is 1. The fourth-order valence-electron chi connectivity index (χ4n) is 4.94. The lowest BCUT2D eigenvalue weighted by Crippen LogP contribution is -2.07. The molecule has 7 nitrogen and oxygen atoms in total. The molecule has 0 aliphatic heterocycles. The van der Waals surface area contributed by atoms with Crippen molar-refractivity contribution in [1.82, 2.24) is 24.7 Å². The van der Waals surface area contributed by atoms with Crippen molar-refractivity contribution in [2.45, 2.75) is 26.3 Å². The Bertz CT molecular complexity index is 1810. The molecule has 3 N–H and O–H groups in total. The molecule has 6 aromatic rings. The standard InChI is InChI=1S/C30H25FN6O/c1-17(2)23-8-4-5-9-24(23)27-20(11-18-7-3-6-10-25(18)35-27)15-37-30-26(29(32)33-16-34-30)28(36-37)19-12-21(31)14-22(38)13-19/h3-14,16-17,38H,15H2,1-2H3,(H2,32,33,34). The van der Waals surface area contributed by atoms with E-state index in [4.69, 9.17) is 15.8 Å². The van der Waals surface area contributed by atoms with Gasteiger partial charge >= 0.3 is 0 Å². The number of fused-ring (bicyclic) bond motifs is 2. The van der Waals surface area contributed by atoms with Crippen molar-refractivity contribution in [1.29, 1.82) is 0 Å². The molecule has 38 heavy (non-hydrogen) atoms. The second kappa shape index (κ2) is 9.23. The molecule has 0 bridgehead atoms. The van der Waals surface area contributed by atoms with Gasteiger partial charge in [-0.2, -0.15) is 5.10 Å². The number of rotatable bonds is 5. The molecule has 0 spiro atoms. The van der Waals surface area contributed by atoms with Gasteiger partial charge in [0.25, 0.3) is 0 Å². The third-order valence-electron chi connectivity index (χ3n) is 6.68. The minimum atomic E-state index is -0.579. The van der Waals surface area contributed by atoms with Crippen molar-refractivity contribution in [2.24, 2.45) is 0 Å². The molecule has 3 aromatic carbocycles. The van der Waals surface area contributed by atoms with E-state index in [1.54, 1.807) is 4.68 Å². The van der Waals surface area contributed by atoms with Crippen LogP contribution in [0.4, 0.5) is 10.2 Å². The van der Waals surface area contributed by atoms with Crippen LogP contribution in [0.5, 0.6) is 5.75 Å². The zero-order valence-electron chi connectivity index (χ0n) is 20.9. The first kappa shape index (κ1) is 23.5. The Hall–Kier alpha value is -4.85. The van der Waals surface area contributed by atoms with Gasteiger partial charge in [0, 0.05) is 28.1 Å². The third kappa shape index (κ3) is 4.10. The molecule has 0 saturated heterocycles. The number of para-hydroxylation sites is 1. The van der Waals surface area contributed by atoms with Gasteiger partial charge in [-0.1, -0.05) is 56.3 Å². The number of aromatic nitrogens is 5. The fraction of sp³-hybridized carbons (Fsp3) is 0.133. The maximum absolute atomic E-state index is 14.2. The highest BCUT2D eigenvalue weighted by Crippen LogP contribution is 2.35. The molecule has 3 heterocycles. The van der Waals surface area contributed by atoms with Crippen LogP contribution in [0.3, 0.4) is 0 Å². The highest BCUT2D eigenvalue weighted by atomic mass is 19.1. The zero-order valence-corrected chi connectivity index (χ0v) is 20.9. The quantitative estimate of drug-likeness (QED) is 0.285. The maximum Gasteiger partial charge on any atom is 0.164 e. The minimum Gasteiger partial charge on any atom is -0.508 e. The van der Waals surface area contributed by atoms with Gasteiger partial charge in [0.1, 0.15) is 29.4 Å². The first-order valence-corrected chi connectivity index (χ1v) is 12.3. The number of hydrogen-bond donors (Lipinski definition) is 2. The number of anilines is 1. The second-order valence-corrected chi connectivity index (χ2v) is 9.59. The minimum absolute atomic E-state index is 0.204. The average molecular weight is 505 g/mol. The molecule has 0 saturated carbocycles. The number of nitrogens with two attached hydrogens (primary N) is 1. The van der Waals surface area contributed by atoms with Crippen LogP contribution in [0.1, 0.15) is 30.9 Å². The first-order chi connectivity index (χ1) is 18.4. The lowest BCUT2D eigenvalue weighted by molar-refractivity contribution is 0.469. The molecule has 0 unspecified atom stereocenters. The number of benzene rings is 3. The summed E-state index contributed by atoms with van der Waals surface area (Å²) in [5.41, 5.74) is 12.5. The monoisotopic (exact) mass is 504 g/mol. The largest absolute Gasteiger partial charge is 0.508 e. The number of hydrogen-bond acceptors (Lipinski definition) is 6. The Morgan fingerprint density at radius 1 is 0.947 bits per heavy atom. The zero-order chi connectivity index (χ0) is 26.4. The predicted molar refractivity (Wildman–Crippen MR) is 147 cm³/mol. The van der Waals surface area contributed by atoms with Crippen molar-refractivity contribution >= 4 is 27.8 Å². The van der Waals surface area contributed by atoms with Crippen molar-refractivity contribution in [3.63, 3.8) is 0 Å². The molecule has 188 valence electrons. The average Bonchev–Trinajstić information content (AvgIpc) is 3.27. The maximum atomic E-state index is 14.2. The molecule has 0 amide bonds. The summed E-state index contributed by atoms with van der Waals surface area (Å²) in [6.45, 7) is 4.68. The highest BCUT2D eigenvalue weighted by molar-refractivity contribution is 5.98. The molecular formula is C30H25FN6O. The van der Waals surface area contributed by atoms with Crippen LogP contribution in [-0.2, 0) is 6.54 Å². The summed E-state index contributed by atoms with van der Waals surface area (Å²) in [4.78, 5) is 13.7. The molecular weight excluding hydrogens is 479 g/mol. The summed E-state index contributed by atoms with van der Waals surface area (Å²) >= 11 is 0. The van der Waals surface area contributed by atoms with Gasteiger partial charge in [0.05, 0.1) is 23.1 Å². The van der Waals surface area contributed by atoms with E-state index in [-0.39, 0.29) is 11.6 Å². The number of phenolic OH excluding ortho intramolecular Hbond substituents is 1. The Labute approximate surface area is 218 Å². The van der Waals surface area contributed by atoms with Gasteiger partial charge < -0.3 is 10.8 Å². The Kier molecular flexibility index (Phi) is 5.72. The molecule has 0 fully saturated rings.